The average Bonchev–Trinajstić information content (AvgIpc) is 3.01. The summed E-state index contributed by atoms with van der Waals surface area (Å²) >= 11 is 1.32. The van der Waals surface area contributed by atoms with Gasteiger partial charge in [0, 0.05) is 27.4 Å². The second kappa shape index (κ2) is 14.8. The highest BCUT2D eigenvalue weighted by atomic mass is 32.2. The molecule has 0 fully saturated rings. The summed E-state index contributed by atoms with van der Waals surface area (Å²) < 4.78 is 0. The van der Waals surface area contributed by atoms with Gasteiger partial charge in [0.2, 0.25) is 5.91 Å². The van der Waals surface area contributed by atoms with Crippen molar-refractivity contribution in [1.29, 1.82) is 0 Å². The number of hydrogen-bond donors (Lipinski definition) is 3. The van der Waals surface area contributed by atoms with E-state index >= 15 is 0 Å². The number of thioether (sulfide) groups is 1. The molecular formula is C35H33N3O4S. The van der Waals surface area contributed by atoms with Crippen molar-refractivity contribution in [2.45, 2.75) is 31.6 Å². The van der Waals surface area contributed by atoms with Gasteiger partial charge in [-0.25, -0.2) is 0 Å². The second-order valence-electron chi connectivity index (χ2n) is 10.2. The minimum atomic E-state index is -0.480. The smallest absolute Gasteiger partial charge is 0.272 e. The van der Waals surface area contributed by atoms with Crippen LogP contribution in [0.5, 0.6) is 0 Å². The van der Waals surface area contributed by atoms with Gasteiger partial charge >= 0.3 is 0 Å². The summed E-state index contributed by atoms with van der Waals surface area (Å²) in [6.45, 7) is 5.71. The Balaban J connectivity index is 1.44. The maximum absolute atomic E-state index is 13.4. The number of benzene rings is 4. The second-order valence-corrected chi connectivity index (χ2v) is 11.2. The first kappa shape index (κ1) is 31.0. The van der Waals surface area contributed by atoms with Gasteiger partial charge in [0.05, 0.1) is 5.75 Å². The van der Waals surface area contributed by atoms with Gasteiger partial charge in [-0.3, -0.25) is 19.2 Å². The summed E-state index contributed by atoms with van der Waals surface area (Å²) in [5.74, 6) is -0.599. The largest absolute Gasteiger partial charge is 0.325 e. The fraction of sp³-hybridized carbons (Fsp3) is 0.143. The summed E-state index contributed by atoms with van der Waals surface area (Å²) in [4.78, 5) is 51.1. The van der Waals surface area contributed by atoms with Crippen LogP contribution < -0.4 is 16.0 Å². The number of rotatable bonds is 11. The Bertz CT molecular complexity index is 1630. The van der Waals surface area contributed by atoms with Crippen LogP contribution in [-0.2, 0) is 9.59 Å². The predicted molar refractivity (Wildman–Crippen MR) is 173 cm³/mol. The molecule has 43 heavy (non-hydrogen) atoms. The maximum atomic E-state index is 13.4. The standard InChI is InChI=1S/C35H33N3O4S/c1-23(2)26-14-12-25(13-15-26)20-32(38-34(41)28-8-5-4-6-9-28)35(42)37-30-10-7-11-31(21-30)43-22-33(40)36-29-18-16-27(17-19-29)24(3)39/h4-21,23H,22H2,1-3H3,(H,36,40)(H,37,42)(H,38,41)/b32-20+. The number of amides is 3. The van der Waals surface area contributed by atoms with Crippen LogP contribution >= 0.6 is 11.8 Å². The van der Waals surface area contributed by atoms with Gasteiger partial charge in [0.15, 0.2) is 5.78 Å². The van der Waals surface area contributed by atoms with Gasteiger partial charge in [0.1, 0.15) is 5.70 Å². The fourth-order valence-corrected chi connectivity index (χ4v) is 4.84. The van der Waals surface area contributed by atoms with E-state index in [1.807, 2.05) is 36.4 Å². The molecule has 218 valence electrons. The molecule has 0 heterocycles. The molecule has 0 aliphatic heterocycles. The van der Waals surface area contributed by atoms with Gasteiger partial charge in [0.25, 0.3) is 11.8 Å². The molecule has 0 aliphatic carbocycles. The van der Waals surface area contributed by atoms with E-state index in [-0.39, 0.29) is 23.1 Å². The van der Waals surface area contributed by atoms with Crippen molar-refractivity contribution in [3.05, 3.63) is 131 Å². The van der Waals surface area contributed by atoms with Gasteiger partial charge in [-0.2, -0.15) is 0 Å². The van der Waals surface area contributed by atoms with Crippen LogP contribution in [0.25, 0.3) is 6.08 Å². The lowest BCUT2D eigenvalue weighted by atomic mass is 10.0. The highest BCUT2D eigenvalue weighted by Gasteiger charge is 2.16. The zero-order valence-electron chi connectivity index (χ0n) is 24.2. The Morgan fingerprint density at radius 3 is 2.09 bits per heavy atom. The van der Waals surface area contributed by atoms with Crippen molar-refractivity contribution in [2.24, 2.45) is 0 Å². The van der Waals surface area contributed by atoms with Crippen molar-refractivity contribution in [3.8, 4) is 0 Å². The van der Waals surface area contributed by atoms with Crippen LogP contribution in [-0.4, -0.2) is 29.3 Å². The highest BCUT2D eigenvalue weighted by molar-refractivity contribution is 8.00. The Morgan fingerprint density at radius 2 is 1.44 bits per heavy atom. The van der Waals surface area contributed by atoms with Crippen molar-refractivity contribution in [2.75, 3.05) is 16.4 Å². The van der Waals surface area contributed by atoms with E-state index in [0.717, 1.165) is 10.5 Å². The first-order valence-corrected chi connectivity index (χ1v) is 14.8. The van der Waals surface area contributed by atoms with Crippen molar-refractivity contribution >= 4 is 52.7 Å². The quantitative estimate of drug-likeness (QED) is 0.0976. The highest BCUT2D eigenvalue weighted by Crippen LogP contribution is 2.23. The molecule has 3 amide bonds. The third-order valence-corrected chi connectivity index (χ3v) is 7.47. The Labute approximate surface area is 255 Å². The lowest BCUT2D eigenvalue weighted by Gasteiger charge is -2.13. The third-order valence-electron chi connectivity index (χ3n) is 6.48. The predicted octanol–water partition coefficient (Wildman–Crippen LogP) is 7.15. The molecule has 0 aliphatic rings. The molecule has 4 aromatic rings. The van der Waals surface area contributed by atoms with E-state index < -0.39 is 11.8 Å². The maximum Gasteiger partial charge on any atom is 0.272 e. The zero-order valence-corrected chi connectivity index (χ0v) is 25.0. The Hall–Kier alpha value is -4.95. The summed E-state index contributed by atoms with van der Waals surface area (Å²) in [6.07, 6.45) is 1.65. The van der Waals surface area contributed by atoms with Gasteiger partial charge in [-0.05, 0) is 84.6 Å². The van der Waals surface area contributed by atoms with Crippen LogP contribution in [0.2, 0.25) is 0 Å². The molecule has 0 saturated heterocycles. The lowest BCUT2D eigenvalue weighted by Crippen LogP contribution is -2.30. The van der Waals surface area contributed by atoms with Crippen molar-refractivity contribution in [3.63, 3.8) is 0 Å². The van der Waals surface area contributed by atoms with Crippen LogP contribution in [0.1, 0.15) is 58.5 Å². The summed E-state index contributed by atoms with van der Waals surface area (Å²) in [5, 5.41) is 8.44. The number of carbonyl (C=O) groups excluding carboxylic acids is 4. The molecule has 3 N–H and O–H groups in total. The van der Waals surface area contributed by atoms with Crippen molar-refractivity contribution < 1.29 is 19.2 Å². The van der Waals surface area contributed by atoms with E-state index in [2.05, 4.69) is 29.8 Å². The Morgan fingerprint density at radius 1 is 0.744 bits per heavy atom. The summed E-state index contributed by atoms with van der Waals surface area (Å²) in [6, 6.07) is 30.4. The van der Waals surface area contributed by atoms with Gasteiger partial charge in [-0.1, -0.05) is 62.4 Å². The van der Waals surface area contributed by atoms with E-state index in [4.69, 9.17) is 0 Å². The van der Waals surface area contributed by atoms with Crippen LogP contribution in [0.15, 0.2) is 114 Å². The van der Waals surface area contributed by atoms with E-state index in [9.17, 15) is 19.2 Å². The van der Waals surface area contributed by atoms with Crippen molar-refractivity contribution in [1.82, 2.24) is 5.32 Å². The molecule has 4 aromatic carbocycles. The zero-order chi connectivity index (χ0) is 30.8. The number of anilines is 2. The molecule has 0 spiro atoms. The molecule has 0 radical (unpaired) electrons. The molecule has 8 heteroatoms. The molecule has 0 saturated carbocycles. The Kier molecular flexibility index (Phi) is 10.7. The molecule has 4 rings (SSSR count). The minimum absolute atomic E-state index is 0.0399. The normalized spacial score (nSPS) is 11.1. The molecule has 0 bridgehead atoms. The summed E-state index contributed by atoms with van der Waals surface area (Å²) in [7, 11) is 0. The topological polar surface area (TPSA) is 104 Å². The lowest BCUT2D eigenvalue weighted by molar-refractivity contribution is -0.114. The van der Waals surface area contributed by atoms with Crippen LogP contribution in [0, 0.1) is 0 Å². The number of hydrogen-bond acceptors (Lipinski definition) is 5. The molecule has 0 atom stereocenters. The third kappa shape index (κ3) is 9.28. The number of ketones is 1. The first-order chi connectivity index (χ1) is 20.7. The minimum Gasteiger partial charge on any atom is -0.325 e. The van der Waals surface area contributed by atoms with E-state index in [0.29, 0.717) is 28.4 Å². The molecule has 7 nitrogen and oxygen atoms in total. The molecule has 0 aromatic heterocycles. The van der Waals surface area contributed by atoms with E-state index in [1.165, 1.54) is 24.2 Å². The summed E-state index contributed by atoms with van der Waals surface area (Å²) in [5.41, 5.74) is 4.17. The fourth-order valence-electron chi connectivity index (χ4n) is 4.08. The number of nitrogens with one attached hydrogen (secondary N) is 3. The van der Waals surface area contributed by atoms with Crippen LogP contribution in [0.3, 0.4) is 0 Å². The van der Waals surface area contributed by atoms with E-state index in [1.54, 1.807) is 72.8 Å². The number of Topliss-reactive ketones (excluding diaryl/α,β-unsaturated/α-hetero) is 1. The number of carbonyl (C=O) groups is 4. The average molecular weight is 592 g/mol. The molecule has 0 unspecified atom stereocenters. The van der Waals surface area contributed by atoms with Gasteiger partial charge < -0.3 is 16.0 Å². The van der Waals surface area contributed by atoms with Crippen LogP contribution in [0.4, 0.5) is 11.4 Å². The SMILES string of the molecule is CC(=O)c1ccc(NC(=O)CSc2cccc(NC(=O)/C(=C\c3ccc(C(C)C)cc3)NC(=O)c3ccccc3)c2)cc1. The monoisotopic (exact) mass is 591 g/mol. The first-order valence-electron chi connectivity index (χ1n) is 13.8. The van der Waals surface area contributed by atoms with Gasteiger partial charge in [-0.15, -0.1) is 11.8 Å². The molecular weight excluding hydrogens is 558 g/mol.